The number of hydrogen-bond acceptors (Lipinski definition) is 6. The molecular formula is C23H35N3O4. The number of hydrogen-bond donors (Lipinski definition) is 1. The van der Waals surface area contributed by atoms with E-state index in [1.807, 2.05) is 24.3 Å². The van der Waals surface area contributed by atoms with E-state index in [1.54, 1.807) is 6.92 Å². The van der Waals surface area contributed by atoms with Crippen LogP contribution in [0.5, 0.6) is 0 Å². The standard InChI is InChI=1S/C23H35N3O4/c1-4-29-23(28)11-12-25(15-19-5-6-19)16-22(27)24-20-7-9-21(10-8-20)26-13-17(2)30-18(3)14-26/h7-10,17-19H,4-6,11-16H2,1-3H3,(H,24,27). The second-order valence-electron chi connectivity index (χ2n) is 8.49. The Morgan fingerprint density at radius 3 is 2.43 bits per heavy atom. The van der Waals surface area contributed by atoms with Crippen LogP contribution in [-0.2, 0) is 19.1 Å². The molecule has 0 bridgehead atoms. The third kappa shape index (κ3) is 7.29. The van der Waals surface area contributed by atoms with Gasteiger partial charge >= 0.3 is 5.97 Å². The fraction of sp³-hybridized carbons (Fsp3) is 0.652. The van der Waals surface area contributed by atoms with Gasteiger partial charge in [-0.3, -0.25) is 14.5 Å². The van der Waals surface area contributed by atoms with Gasteiger partial charge in [0.25, 0.3) is 0 Å². The molecule has 2 atom stereocenters. The predicted octanol–water partition coefficient (Wildman–Crippen LogP) is 2.90. The molecule has 7 heteroatoms. The molecular weight excluding hydrogens is 382 g/mol. The molecule has 0 radical (unpaired) electrons. The zero-order valence-corrected chi connectivity index (χ0v) is 18.4. The van der Waals surface area contributed by atoms with Crippen molar-refractivity contribution in [1.29, 1.82) is 0 Å². The highest BCUT2D eigenvalue weighted by molar-refractivity contribution is 5.92. The van der Waals surface area contributed by atoms with Gasteiger partial charge in [0.2, 0.25) is 5.91 Å². The summed E-state index contributed by atoms with van der Waals surface area (Å²) in [6.45, 7) is 9.81. The number of nitrogens with one attached hydrogen (secondary N) is 1. The highest BCUT2D eigenvalue weighted by atomic mass is 16.5. The second kappa shape index (κ2) is 10.8. The Bertz CT molecular complexity index is 695. The van der Waals surface area contributed by atoms with Crippen molar-refractivity contribution in [2.24, 2.45) is 5.92 Å². The molecule has 0 aromatic heterocycles. The van der Waals surface area contributed by atoms with Crippen LogP contribution in [-0.4, -0.2) is 68.3 Å². The molecule has 1 amide bonds. The topological polar surface area (TPSA) is 71.1 Å². The van der Waals surface area contributed by atoms with Gasteiger partial charge in [0.15, 0.2) is 0 Å². The normalized spacial score (nSPS) is 21.5. The maximum Gasteiger partial charge on any atom is 0.307 e. The Balaban J connectivity index is 1.50. The number of ether oxygens (including phenoxy) is 2. The third-order valence-electron chi connectivity index (χ3n) is 5.45. The molecule has 1 aromatic carbocycles. The highest BCUT2D eigenvalue weighted by Gasteiger charge is 2.26. The van der Waals surface area contributed by atoms with Crippen molar-refractivity contribution in [3.05, 3.63) is 24.3 Å². The van der Waals surface area contributed by atoms with Gasteiger partial charge in [0, 0.05) is 37.6 Å². The molecule has 7 nitrogen and oxygen atoms in total. The van der Waals surface area contributed by atoms with E-state index in [4.69, 9.17) is 9.47 Å². The van der Waals surface area contributed by atoms with Crippen LogP contribution in [0.4, 0.5) is 11.4 Å². The van der Waals surface area contributed by atoms with E-state index >= 15 is 0 Å². The Hall–Kier alpha value is -2.12. The molecule has 0 spiro atoms. The maximum atomic E-state index is 12.6. The number of nitrogens with zero attached hydrogens (tertiary/aromatic N) is 2. The van der Waals surface area contributed by atoms with Crippen LogP contribution in [0.3, 0.4) is 0 Å². The van der Waals surface area contributed by atoms with E-state index < -0.39 is 0 Å². The van der Waals surface area contributed by atoms with Crippen LogP contribution in [0, 0.1) is 5.92 Å². The van der Waals surface area contributed by atoms with E-state index in [2.05, 4.69) is 29.0 Å². The van der Waals surface area contributed by atoms with Gasteiger partial charge in [-0.25, -0.2) is 0 Å². The van der Waals surface area contributed by atoms with Gasteiger partial charge in [-0.2, -0.15) is 0 Å². The van der Waals surface area contributed by atoms with Crippen LogP contribution < -0.4 is 10.2 Å². The smallest absolute Gasteiger partial charge is 0.307 e. The first-order valence-electron chi connectivity index (χ1n) is 11.1. The lowest BCUT2D eigenvalue weighted by atomic mass is 10.2. The van der Waals surface area contributed by atoms with Crippen LogP contribution >= 0.6 is 0 Å². The summed E-state index contributed by atoms with van der Waals surface area (Å²) in [5.41, 5.74) is 1.93. The third-order valence-corrected chi connectivity index (χ3v) is 5.45. The average molecular weight is 418 g/mol. The summed E-state index contributed by atoms with van der Waals surface area (Å²) < 4.78 is 10.8. The monoisotopic (exact) mass is 417 g/mol. The number of carbonyl (C=O) groups is 2. The summed E-state index contributed by atoms with van der Waals surface area (Å²) in [7, 11) is 0. The fourth-order valence-corrected chi connectivity index (χ4v) is 3.93. The first kappa shape index (κ1) is 22.6. The van der Waals surface area contributed by atoms with Crippen molar-refractivity contribution in [2.45, 2.75) is 52.2 Å². The number of esters is 1. The lowest BCUT2D eigenvalue weighted by Gasteiger charge is -2.36. The van der Waals surface area contributed by atoms with Crippen LogP contribution in [0.1, 0.15) is 40.0 Å². The number of benzene rings is 1. The largest absolute Gasteiger partial charge is 0.466 e. The molecule has 2 unspecified atom stereocenters. The Morgan fingerprint density at radius 1 is 1.17 bits per heavy atom. The van der Waals surface area contributed by atoms with Crippen molar-refractivity contribution >= 4 is 23.3 Å². The predicted molar refractivity (Wildman–Crippen MR) is 118 cm³/mol. The second-order valence-corrected chi connectivity index (χ2v) is 8.49. The Labute approximate surface area is 179 Å². The summed E-state index contributed by atoms with van der Waals surface area (Å²) in [5, 5.41) is 2.99. The van der Waals surface area contributed by atoms with Crippen molar-refractivity contribution < 1.29 is 19.1 Å². The molecule has 1 aliphatic heterocycles. The lowest BCUT2D eigenvalue weighted by Crippen LogP contribution is -2.45. The molecule has 1 aromatic rings. The molecule has 1 N–H and O–H groups in total. The lowest BCUT2D eigenvalue weighted by molar-refractivity contribution is -0.143. The molecule has 2 fully saturated rings. The number of rotatable bonds is 10. The number of carbonyl (C=O) groups excluding carboxylic acids is 2. The summed E-state index contributed by atoms with van der Waals surface area (Å²) in [6.07, 6.45) is 3.15. The van der Waals surface area contributed by atoms with Gasteiger partial charge in [0.1, 0.15) is 0 Å². The molecule has 2 aliphatic rings. The van der Waals surface area contributed by atoms with Crippen LogP contribution in [0.25, 0.3) is 0 Å². The number of morpholine rings is 1. The number of anilines is 2. The first-order chi connectivity index (χ1) is 14.4. The Kier molecular flexibility index (Phi) is 8.10. The van der Waals surface area contributed by atoms with E-state index in [-0.39, 0.29) is 30.6 Å². The molecule has 3 rings (SSSR count). The molecule has 30 heavy (non-hydrogen) atoms. The van der Waals surface area contributed by atoms with Crippen molar-refractivity contribution in [1.82, 2.24) is 4.90 Å². The van der Waals surface area contributed by atoms with Crippen LogP contribution in [0.2, 0.25) is 0 Å². The van der Waals surface area contributed by atoms with E-state index in [0.29, 0.717) is 25.5 Å². The number of amides is 1. The fourth-order valence-electron chi connectivity index (χ4n) is 3.93. The minimum atomic E-state index is -0.207. The quantitative estimate of drug-likeness (QED) is 0.590. The van der Waals surface area contributed by atoms with E-state index in [1.165, 1.54) is 12.8 Å². The first-order valence-corrected chi connectivity index (χ1v) is 11.1. The zero-order valence-electron chi connectivity index (χ0n) is 18.4. The summed E-state index contributed by atoms with van der Waals surface area (Å²) in [6, 6.07) is 7.98. The van der Waals surface area contributed by atoms with Gasteiger partial charge in [0.05, 0.1) is 31.8 Å². The minimum absolute atomic E-state index is 0.0547. The molecule has 1 saturated carbocycles. The molecule has 1 aliphatic carbocycles. The average Bonchev–Trinajstić information content (AvgIpc) is 3.50. The van der Waals surface area contributed by atoms with E-state index in [0.717, 1.165) is 31.0 Å². The summed E-state index contributed by atoms with van der Waals surface area (Å²) >= 11 is 0. The van der Waals surface area contributed by atoms with Crippen LogP contribution in [0.15, 0.2) is 24.3 Å². The summed E-state index contributed by atoms with van der Waals surface area (Å²) in [4.78, 5) is 28.6. The molecule has 1 saturated heterocycles. The van der Waals surface area contributed by atoms with Gasteiger partial charge < -0.3 is 19.7 Å². The van der Waals surface area contributed by atoms with Gasteiger partial charge in [-0.1, -0.05) is 0 Å². The summed E-state index contributed by atoms with van der Waals surface area (Å²) in [5.74, 6) is 0.388. The molecule has 166 valence electrons. The van der Waals surface area contributed by atoms with Crippen molar-refractivity contribution in [3.8, 4) is 0 Å². The SMILES string of the molecule is CCOC(=O)CCN(CC(=O)Nc1ccc(N2CC(C)OC(C)C2)cc1)CC1CC1. The highest BCUT2D eigenvalue weighted by Crippen LogP contribution is 2.29. The molecule has 1 heterocycles. The minimum Gasteiger partial charge on any atom is -0.466 e. The van der Waals surface area contributed by atoms with E-state index in [9.17, 15) is 9.59 Å². The van der Waals surface area contributed by atoms with Gasteiger partial charge in [-0.15, -0.1) is 0 Å². The van der Waals surface area contributed by atoms with Crippen molar-refractivity contribution in [2.75, 3.05) is 49.5 Å². The van der Waals surface area contributed by atoms with Crippen molar-refractivity contribution in [3.63, 3.8) is 0 Å². The maximum absolute atomic E-state index is 12.6. The zero-order chi connectivity index (χ0) is 21.5. The van der Waals surface area contributed by atoms with Gasteiger partial charge in [-0.05, 0) is 63.8 Å². The Morgan fingerprint density at radius 2 is 1.83 bits per heavy atom.